The van der Waals surface area contributed by atoms with Crippen LogP contribution in [0.25, 0.3) is 0 Å². The lowest BCUT2D eigenvalue weighted by Crippen LogP contribution is -2.51. The Hall–Kier alpha value is -3.44. The summed E-state index contributed by atoms with van der Waals surface area (Å²) in [5, 5.41) is 5.59. The summed E-state index contributed by atoms with van der Waals surface area (Å²) in [6, 6.07) is 13.4. The van der Waals surface area contributed by atoms with Crippen molar-refractivity contribution in [3.05, 3.63) is 64.7 Å². The highest BCUT2D eigenvalue weighted by atomic mass is 32.2. The summed E-state index contributed by atoms with van der Waals surface area (Å²) in [5.41, 5.74) is 3.10. The molecular formula is C29H37N3O4S. The number of carbonyl (C=O) groups is 3. The zero-order valence-corrected chi connectivity index (χ0v) is 23.5. The number of rotatable bonds is 9. The zero-order chi connectivity index (χ0) is 27.8. The highest BCUT2D eigenvalue weighted by molar-refractivity contribution is 7.98. The molecule has 0 bridgehead atoms. The molecule has 0 aliphatic heterocycles. The molecule has 2 aromatic carbocycles. The Morgan fingerprint density at radius 3 is 2.35 bits per heavy atom. The summed E-state index contributed by atoms with van der Waals surface area (Å²) in [7, 11) is 0. The van der Waals surface area contributed by atoms with Gasteiger partial charge in [-0.05, 0) is 82.7 Å². The molecule has 2 aromatic rings. The van der Waals surface area contributed by atoms with Gasteiger partial charge in [0.2, 0.25) is 0 Å². The largest absolute Gasteiger partial charge is 0.444 e. The molecule has 0 aliphatic rings. The van der Waals surface area contributed by atoms with Gasteiger partial charge in [-0.3, -0.25) is 14.5 Å². The van der Waals surface area contributed by atoms with Crippen LogP contribution in [-0.4, -0.2) is 46.5 Å². The number of terminal acetylenes is 1. The number of benzene rings is 2. The Kier molecular flexibility index (Phi) is 10.6. The lowest BCUT2D eigenvalue weighted by atomic mass is 9.96. The van der Waals surface area contributed by atoms with Gasteiger partial charge in [0.05, 0.1) is 0 Å². The first-order chi connectivity index (χ1) is 17.4. The van der Waals surface area contributed by atoms with Crippen LogP contribution in [0.2, 0.25) is 0 Å². The Morgan fingerprint density at radius 2 is 1.76 bits per heavy atom. The molecule has 2 atom stereocenters. The summed E-state index contributed by atoms with van der Waals surface area (Å²) in [6.07, 6.45) is 7.38. The fourth-order valence-electron chi connectivity index (χ4n) is 3.74. The summed E-state index contributed by atoms with van der Waals surface area (Å²) in [4.78, 5) is 41.2. The predicted molar refractivity (Wildman–Crippen MR) is 150 cm³/mol. The molecule has 0 aromatic heterocycles. The quantitative estimate of drug-likeness (QED) is 0.341. The average molecular weight is 524 g/mol. The first kappa shape index (κ1) is 29.8. The highest BCUT2D eigenvalue weighted by Gasteiger charge is 2.36. The lowest BCUT2D eigenvalue weighted by Gasteiger charge is -2.31. The number of amides is 3. The third kappa shape index (κ3) is 8.57. The van der Waals surface area contributed by atoms with E-state index < -0.39 is 35.6 Å². The second-order valence-electron chi connectivity index (χ2n) is 9.88. The Morgan fingerprint density at radius 1 is 1.08 bits per heavy atom. The lowest BCUT2D eigenvalue weighted by molar-refractivity contribution is -0.136. The molecule has 2 N–H and O–H groups in total. The standard InChI is InChI=1S/C29H37N3O4S/c1-9-32(27(34)24(16-17-37-8)31-28(35)36-29(5,6)7)25(22-18-19(2)14-15-20(22)3)26(33)30-23-13-11-10-12-21(23)4/h1,10-15,18,24-25H,16-17H2,2-8H3,(H,30,33)(H,31,35). The Labute approximate surface area is 224 Å². The highest BCUT2D eigenvalue weighted by Crippen LogP contribution is 2.28. The molecule has 3 amide bonds. The van der Waals surface area contributed by atoms with Gasteiger partial charge in [-0.2, -0.15) is 11.8 Å². The maximum atomic E-state index is 13.8. The number of nitrogens with zero attached hydrogens (tertiary/aromatic N) is 1. The van der Waals surface area contributed by atoms with Gasteiger partial charge >= 0.3 is 6.09 Å². The van der Waals surface area contributed by atoms with Crippen molar-refractivity contribution >= 4 is 35.4 Å². The number of nitrogens with one attached hydrogen (secondary N) is 2. The SMILES string of the molecule is C#CN(C(=O)C(CCSC)NC(=O)OC(C)(C)C)C(C(=O)Nc1ccccc1C)c1cc(C)ccc1C. The van der Waals surface area contributed by atoms with Crippen molar-refractivity contribution < 1.29 is 19.1 Å². The van der Waals surface area contributed by atoms with Gasteiger partial charge in [-0.15, -0.1) is 0 Å². The summed E-state index contributed by atoms with van der Waals surface area (Å²) >= 11 is 1.53. The van der Waals surface area contributed by atoms with Gasteiger partial charge in [0, 0.05) is 11.7 Å². The van der Waals surface area contributed by atoms with E-state index in [-0.39, 0.29) is 0 Å². The third-order valence-electron chi connectivity index (χ3n) is 5.62. The maximum absolute atomic E-state index is 13.8. The first-order valence-corrected chi connectivity index (χ1v) is 13.5. The molecule has 0 fully saturated rings. The molecule has 0 saturated heterocycles. The van der Waals surface area contributed by atoms with E-state index in [2.05, 4.69) is 16.7 Å². The summed E-state index contributed by atoms with van der Waals surface area (Å²) < 4.78 is 5.37. The van der Waals surface area contributed by atoms with Crippen molar-refractivity contribution in [3.8, 4) is 12.5 Å². The van der Waals surface area contributed by atoms with E-state index in [4.69, 9.17) is 11.2 Å². The number of anilines is 1. The van der Waals surface area contributed by atoms with E-state index in [0.717, 1.165) is 21.6 Å². The van der Waals surface area contributed by atoms with Gasteiger partial charge in [0.25, 0.3) is 11.8 Å². The number of hydrogen-bond acceptors (Lipinski definition) is 5. The third-order valence-corrected chi connectivity index (χ3v) is 6.26. The van der Waals surface area contributed by atoms with E-state index >= 15 is 0 Å². The van der Waals surface area contributed by atoms with E-state index in [0.29, 0.717) is 23.4 Å². The Balaban J connectivity index is 2.51. The van der Waals surface area contributed by atoms with Crippen molar-refractivity contribution in [2.45, 2.75) is 65.6 Å². The minimum atomic E-state index is -1.12. The van der Waals surface area contributed by atoms with Crippen molar-refractivity contribution in [3.63, 3.8) is 0 Å². The molecule has 7 nitrogen and oxygen atoms in total. The maximum Gasteiger partial charge on any atom is 0.408 e. The second kappa shape index (κ2) is 13.2. The zero-order valence-electron chi connectivity index (χ0n) is 22.7. The normalized spacial score (nSPS) is 12.6. The average Bonchev–Trinajstić information content (AvgIpc) is 2.81. The van der Waals surface area contributed by atoms with E-state index in [1.165, 1.54) is 11.8 Å². The van der Waals surface area contributed by atoms with Crippen LogP contribution in [0.1, 0.15) is 55.5 Å². The van der Waals surface area contributed by atoms with Crippen LogP contribution in [0.15, 0.2) is 42.5 Å². The van der Waals surface area contributed by atoms with Crippen LogP contribution in [0.5, 0.6) is 0 Å². The monoisotopic (exact) mass is 523 g/mol. The minimum Gasteiger partial charge on any atom is -0.444 e. The number of para-hydroxylation sites is 1. The molecule has 0 aliphatic carbocycles. The molecule has 0 radical (unpaired) electrons. The molecule has 2 rings (SSSR count). The summed E-state index contributed by atoms with van der Waals surface area (Å²) in [5.74, 6) is -0.419. The molecule has 8 heteroatoms. The number of aryl methyl sites for hydroxylation is 3. The van der Waals surface area contributed by atoms with Crippen molar-refractivity contribution in [1.29, 1.82) is 0 Å². The van der Waals surface area contributed by atoms with Crippen molar-refractivity contribution in [1.82, 2.24) is 10.2 Å². The van der Waals surface area contributed by atoms with Crippen LogP contribution in [0.3, 0.4) is 0 Å². The number of hydrogen-bond donors (Lipinski definition) is 2. The molecule has 0 heterocycles. The van der Waals surface area contributed by atoms with Crippen LogP contribution < -0.4 is 10.6 Å². The van der Waals surface area contributed by atoms with Crippen molar-refractivity contribution in [2.75, 3.05) is 17.3 Å². The molecule has 0 spiro atoms. The predicted octanol–water partition coefficient (Wildman–Crippen LogP) is 5.36. The first-order valence-electron chi connectivity index (χ1n) is 12.1. The molecular weight excluding hydrogens is 486 g/mol. The molecule has 0 saturated carbocycles. The fourth-order valence-corrected chi connectivity index (χ4v) is 4.21. The van der Waals surface area contributed by atoms with Gasteiger partial charge in [0.15, 0.2) is 0 Å². The van der Waals surface area contributed by atoms with Gasteiger partial charge in [-0.25, -0.2) is 4.79 Å². The number of thioether (sulfide) groups is 1. The van der Waals surface area contributed by atoms with Gasteiger partial charge in [-0.1, -0.05) is 48.4 Å². The van der Waals surface area contributed by atoms with Crippen molar-refractivity contribution in [2.24, 2.45) is 0 Å². The van der Waals surface area contributed by atoms with Crippen LogP contribution in [0.4, 0.5) is 10.5 Å². The van der Waals surface area contributed by atoms with Crippen LogP contribution in [0, 0.1) is 33.2 Å². The molecule has 2 unspecified atom stereocenters. The molecule has 198 valence electrons. The van der Waals surface area contributed by atoms with Crippen LogP contribution in [-0.2, 0) is 14.3 Å². The van der Waals surface area contributed by atoms with Gasteiger partial charge in [0.1, 0.15) is 17.7 Å². The van der Waals surface area contributed by atoms with Gasteiger partial charge < -0.3 is 15.4 Å². The topological polar surface area (TPSA) is 87.7 Å². The summed E-state index contributed by atoms with van der Waals surface area (Å²) in [6.45, 7) is 10.9. The number of carbonyl (C=O) groups excluding carboxylic acids is 3. The minimum absolute atomic E-state index is 0.316. The number of ether oxygens (including phenoxy) is 1. The van der Waals surface area contributed by atoms with E-state index in [1.807, 2.05) is 63.4 Å². The van der Waals surface area contributed by atoms with E-state index in [9.17, 15) is 14.4 Å². The Bertz CT molecular complexity index is 1170. The van der Waals surface area contributed by atoms with E-state index in [1.54, 1.807) is 26.8 Å². The smallest absolute Gasteiger partial charge is 0.408 e. The number of alkyl carbamates (subject to hydrolysis) is 1. The second-order valence-corrected chi connectivity index (χ2v) is 10.9. The fraction of sp³-hybridized carbons (Fsp3) is 0.414. The molecule has 37 heavy (non-hydrogen) atoms. The van der Waals surface area contributed by atoms with Crippen LogP contribution >= 0.6 is 11.8 Å².